The van der Waals surface area contributed by atoms with Crippen LogP contribution >= 0.6 is 47.8 Å². The van der Waals surface area contributed by atoms with Crippen molar-refractivity contribution in [1.29, 1.82) is 0 Å². The van der Waals surface area contributed by atoms with Crippen LogP contribution in [0.5, 0.6) is 0 Å². The minimum absolute atomic E-state index is 0.497. The highest BCUT2D eigenvalue weighted by molar-refractivity contribution is 9.11. The van der Waals surface area contributed by atoms with Gasteiger partial charge in [-0.1, -0.05) is 34.1 Å². The van der Waals surface area contributed by atoms with Crippen LogP contribution in [0.3, 0.4) is 0 Å². The fraction of sp³-hybridized carbons (Fsp3) is 0.0500. The Labute approximate surface area is 181 Å². The summed E-state index contributed by atoms with van der Waals surface area (Å²) < 4.78 is 8.57. The first-order valence-electron chi connectivity index (χ1n) is 8.04. The standard InChI is InChI=1S/C20H12Br3N3O/c1-11(24-19-13(22)9-12(21)10-14(19)23)15-6-4-7-17(25-15)20-26-16-5-2-3-8-18(16)27-20/h2-10H,1H3. The minimum Gasteiger partial charge on any atom is -0.435 e. The largest absolute Gasteiger partial charge is 0.435 e. The van der Waals surface area contributed by atoms with Crippen molar-refractivity contribution in [3.63, 3.8) is 0 Å². The van der Waals surface area contributed by atoms with Crippen LogP contribution in [0.4, 0.5) is 5.69 Å². The average Bonchev–Trinajstić information content (AvgIpc) is 3.09. The second-order valence-corrected chi connectivity index (χ2v) is 8.43. The lowest BCUT2D eigenvalue weighted by atomic mass is 10.2. The van der Waals surface area contributed by atoms with Gasteiger partial charge in [-0.25, -0.2) is 15.0 Å². The highest BCUT2D eigenvalue weighted by Crippen LogP contribution is 2.37. The molecule has 0 aliphatic heterocycles. The van der Waals surface area contributed by atoms with Crippen LogP contribution in [0.2, 0.25) is 0 Å². The first-order chi connectivity index (χ1) is 13.0. The fourth-order valence-electron chi connectivity index (χ4n) is 2.60. The number of aromatic nitrogens is 2. The Morgan fingerprint density at radius 3 is 2.41 bits per heavy atom. The Hall–Kier alpha value is -1.83. The number of para-hydroxylation sites is 2. The van der Waals surface area contributed by atoms with E-state index >= 15 is 0 Å². The highest BCUT2D eigenvalue weighted by Gasteiger charge is 2.12. The van der Waals surface area contributed by atoms with Gasteiger partial charge in [0, 0.05) is 13.4 Å². The second-order valence-electron chi connectivity index (χ2n) is 5.81. The molecule has 0 bridgehead atoms. The van der Waals surface area contributed by atoms with E-state index in [0.717, 1.165) is 41.6 Å². The Morgan fingerprint density at radius 1 is 0.926 bits per heavy atom. The molecule has 2 aromatic carbocycles. The molecule has 0 fully saturated rings. The first kappa shape index (κ1) is 18.5. The fourth-order valence-corrected chi connectivity index (χ4v) is 5.04. The topological polar surface area (TPSA) is 51.3 Å². The Kier molecular flexibility index (Phi) is 5.25. The van der Waals surface area contributed by atoms with Gasteiger partial charge in [-0.2, -0.15) is 0 Å². The third-order valence-corrected chi connectivity index (χ3v) is 5.56. The highest BCUT2D eigenvalue weighted by atomic mass is 79.9. The predicted molar refractivity (Wildman–Crippen MR) is 119 cm³/mol. The van der Waals surface area contributed by atoms with Crippen molar-refractivity contribution in [3.05, 3.63) is 73.7 Å². The summed E-state index contributed by atoms with van der Waals surface area (Å²) in [5, 5.41) is 0. The molecule has 0 unspecified atom stereocenters. The van der Waals surface area contributed by atoms with E-state index in [1.54, 1.807) is 0 Å². The molecule has 0 saturated heterocycles. The average molecular weight is 550 g/mol. The number of benzene rings is 2. The van der Waals surface area contributed by atoms with Crippen LogP contribution in [0.15, 0.2) is 77.4 Å². The zero-order valence-electron chi connectivity index (χ0n) is 14.1. The van der Waals surface area contributed by atoms with Crippen molar-refractivity contribution < 1.29 is 4.42 Å². The number of rotatable bonds is 3. The Bertz CT molecular complexity index is 1130. The molecule has 0 saturated carbocycles. The van der Waals surface area contributed by atoms with Crippen LogP contribution in [0.1, 0.15) is 12.6 Å². The molecule has 4 nitrogen and oxygen atoms in total. The SMILES string of the molecule is CC(=Nc1c(Br)cc(Br)cc1Br)c1cccc(-c2nc3ccccc3o2)n1. The smallest absolute Gasteiger partial charge is 0.246 e. The van der Waals surface area contributed by atoms with Gasteiger partial charge in [0.05, 0.1) is 17.1 Å². The molecule has 2 heterocycles. The van der Waals surface area contributed by atoms with E-state index in [2.05, 4.69) is 57.8 Å². The summed E-state index contributed by atoms with van der Waals surface area (Å²) in [4.78, 5) is 13.9. The molecule has 0 amide bonds. The predicted octanol–water partition coefficient (Wildman–Crippen LogP) is 7.32. The maximum atomic E-state index is 5.82. The zero-order chi connectivity index (χ0) is 19.0. The van der Waals surface area contributed by atoms with Crippen LogP contribution in [0, 0.1) is 0 Å². The van der Waals surface area contributed by atoms with Crippen LogP contribution < -0.4 is 0 Å². The van der Waals surface area contributed by atoms with Crippen molar-refractivity contribution >= 4 is 70.3 Å². The maximum Gasteiger partial charge on any atom is 0.246 e. The molecule has 0 radical (unpaired) electrons. The van der Waals surface area contributed by atoms with Gasteiger partial charge in [0.1, 0.15) is 11.2 Å². The van der Waals surface area contributed by atoms with Crippen LogP contribution in [-0.4, -0.2) is 15.7 Å². The molecule has 0 N–H and O–H groups in total. The molecule has 0 aliphatic rings. The van der Waals surface area contributed by atoms with Crippen molar-refractivity contribution in [2.75, 3.05) is 0 Å². The van der Waals surface area contributed by atoms with Gasteiger partial charge in [0.25, 0.3) is 0 Å². The van der Waals surface area contributed by atoms with Gasteiger partial charge in [-0.3, -0.25) is 0 Å². The van der Waals surface area contributed by atoms with Gasteiger partial charge in [-0.05, 0) is 75.2 Å². The minimum atomic E-state index is 0.497. The lowest BCUT2D eigenvalue weighted by molar-refractivity contribution is 0.616. The molecule has 0 aliphatic carbocycles. The van der Waals surface area contributed by atoms with E-state index in [1.807, 2.05) is 61.5 Å². The maximum absolute atomic E-state index is 5.82. The molecule has 27 heavy (non-hydrogen) atoms. The number of pyridine rings is 1. The Morgan fingerprint density at radius 2 is 1.67 bits per heavy atom. The summed E-state index contributed by atoms with van der Waals surface area (Å²) in [6.07, 6.45) is 0. The molecule has 4 aromatic rings. The number of nitrogens with zero attached hydrogens (tertiary/aromatic N) is 3. The van der Waals surface area contributed by atoms with E-state index in [1.165, 1.54) is 0 Å². The second kappa shape index (κ2) is 7.66. The van der Waals surface area contributed by atoms with E-state index in [0.29, 0.717) is 11.6 Å². The molecular weight excluding hydrogens is 538 g/mol. The van der Waals surface area contributed by atoms with E-state index in [-0.39, 0.29) is 0 Å². The van der Waals surface area contributed by atoms with E-state index < -0.39 is 0 Å². The molecule has 2 aromatic heterocycles. The number of hydrogen-bond donors (Lipinski definition) is 0. The third kappa shape index (κ3) is 3.90. The summed E-state index contributed by atoms with van der Waals surface area (Å²) in [6, 6.07) is 17.3. The zero-order valence-corrected chi connectivity index (χ0v) is 18.8. The van der Waals surface area contributed by atoms with E-state index in [9.17, 15) is 0 Å². The number of aliphatic imine (C=N–C) groups is 1. The van der Waals surface area contributed by atoms with Gasteiger partial charge in [0.15, 0.2) is 5.58 Å². The van der Waals surface area contributed by atoms with Gasteiger partial charge in [-0.15, -0.1) is 0 Å². The van der Waals surface area contributed by atoms with Crippen molar-refractivity contribution in [2.24, 2.45) is 4.99 Å². The summed E-state index contributed by atoms with van der Waals surface area (Å²) >= 11 is 10.6. The summed E-state index contributed by atoms with van der Waals surface area (Å²) in [6.45, 7) is 1.93. The summed E-state index contributed by atoms with van der Waals surface area (Å²) in [5.41, 5.74) is 4.59. The number of halogens is 3. The van der Waals surface area contributed by atoms with Crippen molar-refractivity contribution in [2.45, 2.75) is 6.92 Å². The first-order valence-corrected chi connectivity index (χ1v) is 10.4. The lowest BCUT2D eigenvalue weighted by Crippen LogP contribution is -1.99. The monoisotopic (exact) mass is 547 g/mol. The number of fused-ring (bicyclic) bond motifs is 1. The molecular formula is C20H12Br3N3O. The lowest BCUT2D eigenvalue weighted by Gasteiger charge is -2.06. The number of hydrogen-bond acceptors (Lipinski definition) is 4. The summed E-state index contributed by atoms with van der Waals surface area (Å²) in [5.74, 6) is 0.497. The molecule has 7 heteroatoms. The third-order valence-electron chi connectivity index (χ3n) is 3.89. The van der Waals surface area contributed by atoms with Gasteiger partial charge >= 0.3 is 0 Å². The van der Waals surface area contributed by atoms with Gasteiger partial charge in [0.2, 0.25) is 5.89 Å². The van der Waals surface area contributed by atoms with Crippen molar-refractivity contribution in [3.8, 4) is 11.6 Å². The molecule has 4 rings (SSSR count). The van der Waals surface area contributed by atoms with Crippen LogP contribution in [-0.2, 0) is 0 Å². The van der Waals surface area contributed by atoms with E-state index in [4.69, 9.17) is 9.41 Å². The van der Waals surface area contributed by atoms with Crippen molar-refractivity contribution in [1.82, 2.24) is 9.97 Å². The number of oxazole rings is 1. The molecule has 134 valence electrons. The van der Waals surface area contributed by atoms with Crippen LogP contribution in [0.25, 0.3) is 22.7 Å². The Balaban J connectivity index is 1.74. The summed E-state index contributed by atoms with van der Waals surface area (Å²) in [7, 11) is 0. The quantitative estimate of drug-likeness (QED) is 0.252. The normalized spacial score (nSPS) is 11.9. The molecule has 0 spiro atoms. The van der Waals surface area contributed by atoms with Gasteiger partial charge < -0.3 is 4.42 Å². The molecule has 0 atom stereocenters.